The molecule has 8 heteroatoms. The second-order valence-electron chi connectivity index (χ2n) is 36.4. The molecular weight excluding hydrogens is 1610 g/mol. The summed E-state index contributed by atoms with van der Waals surface area (Å²) >= 11 is 0. The molecule has 0 fully saturated rings. The van der Waals surface area contributed by atoms with Gasteiger partial charge in [-0.05, 0) is 195 Å². The summed E-state index contributed by atoms with van der Waals surface area (Å²) in [6.45, 7) is 18.6. The van der Waals surface area contributed by atoms with Gasteiger partial charge in [0, 0.05) is 84.4 Å². The minimum Gasteiger partial charge on any atom is -0.542 e. The molecule has 0 heterocycles. The maximum atomic E-state index is 8.21. The zero-order chi connectivity index (χ0) is 87.4. The molecule has 0 aliphatic rings. The van der Waals surface area contributed by atoms with E-state index in [9.17, 15) is 0 Å². The largest absolute Gasteiger partial charge is 0.542 e. The van der Waals surface area contributed by atoms with Gasteiger partial charge in [0.15, 0.2) is 0 Å². The van der Waals surface area contributed by atoms with Crippen molar-refractivity contribution in [3.63, 3.8) is 0 Å². The van der Waals surface area contributed by atoms with Gasteiger partial charge in [0.25, 0.3) is 33.3 Å². The highest BCUT2D eigenvalue weighted by Crippen LogP contribution is 2.47. The van der Waals surface area contributed by atoms with Gasteiger partial charge in [-0.1, -0.05) is 413 Å². The molecular formula is C119H120O4Si4. The van der Waals surface area contributed by atoms with Gasteiger partial charge in [-0.15, -0.1) is 0 Å². The summed E-state index contributed by atoms with van der Waals surface area (Å²) in [5, 5.41) is 0. The molecule has 16 aromatic carbocycles. The van der Waals surface area contributed by atoms with Crippen LogP contribution in [-0.4, -0.2) is 33.3 Å². The van der Waals surface area contributed by atoms with Crippen LogP contribution in [0.15, 0.2) is 413 Å². The van der Waals surface area contributed by atoms with Crippen LogP contribution in [0.2, 0.25) is 0 Å². The van der Waals surface area contributed by atoms with Gasteiger partial charge in [-0.3, -0.25) is 0 Å². The van der Waals surface area contributed by atoms with Gasteiger partial charge >= 0.3 is 0 Å². The van der Waals surface area contributed by atoms with Crippen LogP contribution in [0.5, 0.6) is 23.0 Å². The molecule has 0 saturated heterocycles. The van der Waals surface area contributed by atoms with E-state index < -0.39 is 33.3 Å². The van der Waals surface area contributed by atoms with Crippen LogP contribution < -0.4 is 17.7 Å². The first-order valence-corrected chi connectivity index (χ1v) is 55.8. The maximum absolute atomic E-state index is 8.21. The average Bonchev–Trinajstić information content (AvgIpc) is 0.771. The Kier molecular flexibility index (Phi) is 28.7. The quantitative estimate of drug-likeness (QED) is 0.0362. The van der Waals surface area contributed by atoms with Crippen LogP contribution in [0, 0.1) is 55.4 Å². The molecule has 0 N–H and O–H groups in total. The molecule has 0 radical (unpaired) electrons. The Morgan fingerprint density at radius 3 is 0.362 bits per heavy atom. The predicted octanol–water partition coefficient (Wildman–Crippen LogP) is 28.2. The van der Waals surface area contributed by atoms with E-state index in [1.54, 1.807) is 0 Å². The van der Waals surface area contributed by atoms with E-state index >= 15 is 0 Å². The predicted molar refractivity (Wildman–Crippen MR) is 539 cm³/mol. The summed E-state index contributed by atoms with van der Waals surface area (Å²) in [5.74, 6) is 3.65. The molecule has 0 amide bonds. The fourth-order valence-electron chi connectivity index (χ4n) is 20.2. The van der Waals surface area contributed by atoms with Crippen molar-refractivity contribution in [2.45, 2.75) is 146 Å². The van der Waals surface area contributed by atoms with Crippen molar-refractivity contribution in [1.82, 2.24) is 0 Å². The molecule has 636 valence electrons. The zero-order valence-electron chi connectivity index (χ0n) is 75.2. The first-order valence-electron chi connectivity index (χ1n) is 45.6. The molecule has 0 bridgehead atoms. The Hall–Kier alpha value is -12.4. The molecule has 0 atom stereocenters. The summed E-state index contributed by atoms with van der Waals surface area (Å²) in [4.78, 5) is 0. The highest BCUT2D eigenvalue weighted by Gasteiger charge is 2.44. The van der Waals surface area contributed by atoms with Crippen LogP contribution in [0.4, 0.5) is 0 Å². The van der Waals surface area contributed by atoms with Gasteiger partial charge in [0.05, 0.1) is 0 Å². The second-order valence-corrected chi connectivity index (χ2v) is 50.9. The summed E-state index contributed by atoms with van der Waals surface area (Å²) in [5.41, 5.74) is 29.7. The summed E-state index contributed by atoms with van der Waals surface area (Å²) in [6.07, 6.45) is 0.725. The van der Waals surface area contributed by atoms with E-state index in [0.717, 1.165) is 146 Å². The van der Waals surface area contributed by atoms with Crippen LogP contribution >= 0.6 is 0 Å². The zero-order valence-corrected chi connectivity index (χ0v) is 79.2. The van der Waals surface area contributed by atoms with Crippen LogP contribution in [0.1, 0.15) is 152 Å². The van der Waals surface area contributed by atoms with E-state index in [2.05, 4.69) is 468 Å². The molecule has 0 aliphatic carbocycles. The molecule has 0 saturated carbocycles. The van der Waals surface area contributed by atoms with Crippen molar-refractivity contribution in [2.24, 2.45) is 0 Å². The van der Waals surface area contributed by atoms with Gasteiger partial charge in [-0.25, -0.2) is 0 Å². The van der Waals surface area contributed by atoms with E-state index in [4.69, 9.17) is 17.7 Å². The number of hydrogen-bond donors (Lipinski definition) is 0. The van der Waals surface area contributed by atoms with Crippen molar-refractivity contribution in [3.05, 3.63) is 546 Å². The first-order chi connectivity index (χ1) is 62.0. The Bertz CT molecular complexity index is 4930. The van der Waals surface area contributed by atoms with Crippen molar-refractivity contribution in [1.29, 1.82) is 0 Å². The third-order valence-corrected chi connectivity index (χ3v) is 40.9. The second kappa shape index (κ2) is 41.4. The van der Waals surface area contributed by atoms with Gasteiger partial charge in [0.2, 0.25) is 0 Å². The minimum absolute atomic E-state index is 0.152. The van der Waals surface area contributed by atoms with E-state index in [-0.39, 0.29) is 11.8 Å². The first kappa shape index (κ1) is 88.0. The Balaban J connectivity index is 0.890. The highest BCUT2D eigenvalue weighted by atomic mass is 28.4. The SMILES string of the molecule is Cc1cc(C(CC(c2cc(C)c(O[Si](Cc3ccccc3)(Cc3ccccc3)Cc3ccccc3)c(C)c2)c2cc(C)c(O[Si](Cc3ccccc3)(Cc3ccccc3)Cc3ccccc3)c(C)c2)c2cc(C)c(O[Si](Cc3ccccc3)(Cc3ccccc3)Cc3ccccc3)c(C)c2)cc(C)c1O[Si](Cc1ccccc1)(Cc1ccccc1)Cc1ccccc1. The molecule has 127 heavy (non-hydrogen) atoms. The maximum Gasteiger partial charge on any atom is 0.264 e. The average molecular weight is 1730 g/mol. The summed E-state index contributed by atoms with van der Waals surface area (Å²) in [7, 11) is -11.5. The lowest BCUT2D eigenvalue weighted by Gasteiger charge is -2.36. The lowest BCUT2D eigenvalue weighted by Crippen LogP contribution is -2.50. The number of hydrogen-bond acceptors (Lipinski definition) is 4. The summed E-state index contributed by atoms with van der Waals surface area (Å²) < 4.78 is 32.9. The molecule has 16 rings (SSSR count). The number of rotatable bonds is 38. The molecule has 0 unspecified atom stereocenters. The molecule has 0 aromatic heterocycles. The fraction of sp³-hybridized carbons (Fsp3) is 0.193. The van der Waals surface area contributed by atoms with Crippen LogP contribution in [0.25, 0.3) is 0 Å². The highest BCUT2D eigenvalue weighted by molar-refractivity contribution is 6.74. The lowest BCUT2D eigenvalue weighted by atomic mass is 9.76. The van der Waals surface area contributed by atoms with Gasteiger partial charge in [-0.2, -0.15) is 0 Å². The minimum atomic E-state index is -2.87. The van der Waals surface area contributed by atoms with Crippen LogP contribution in [-0.2, 0) is 72.5 Å². The van der Waals surface area contributed by atoms with Crippen molar-refractivity contribution in [3.8, 4) is 23.0 Å². The van der Waals surface area contributed by atoms with Gasteiger partial charge in [0.1, 0.15) is 23.0 Å². The van der Waals surface area contributed by atoms with Crippen LogP contribution in [0.3, 0.4) is 0 Å². The lowest BCUT2D eigenvalue weighted by molar-refractivity contribution is 0.514. The smallest absolute Gasteiger partial charge is 0.264 e. The molecule has 16 aromatic rings. The summed E-state index contributed by atoms with van der Waals surface area (Å²) in [6, 6.07) is 164. The monoisotopic (exact) mass is 1720 g/mol. The third kappa shape index (κ3) is 23.1. The van der Waals surface area contributed by atoms with Crippen molar-refractivity contribution < 1.29 is 17.7 Å². The standard InChI is InChI=1S/C119H120O4Si4/c1-90-69-110(70-91(2)116(90)120-124(78-98-45-21-9-22-46-98,79-99-47-23-10-24-48-99)80-100-49-25-11-26-50-100)114(111-71-92(3)117(93(4)72-111)121-125(81-101-51-27-12-28-52-101,82-102-53-29-13-30-54-102)83-103-55-31-14-32-56-103)77-115(112-73-94(5)118(95(6)74-112)122-126(84-104-57-33-15-34-58-104,85-105-59-35-16-36-60-105)86-106-61-37-17-38-62-106)113-75-96(7)119(97(8)76-113)123-127(87-107-63-39-18-40-64-107,88-108-65-41-19-42-66-108)89-109-67-43-20-44-68-109/h9-76,114-115H,77-89H2,1-8H3. The Morgan fingerprint density at radius 2 is 0.260 bits per heavy atom. The topological polar surface area (TPSA) is 36.9 Å². The van der Waals surface area contributed by atoms with E-state index in [0.29, 0.717) is 0 Å². The fourth-order valence-corrected chi connectivity index (χ4v) is 37.4. The van der Waals surface area contributed by atoms with E-state index in [1.807, 2.05) is 0 Å². The normalized spacial score (nSPS) is 11.9. The van der Waals surface area contributed by atoms with Crippen molar-refractivity contribution >= 4 is 33.3 Å². The molecule has 0 spiro atoms. The number of aryl methyl sites for hydroxylation is 8. The van der Waals surface area contributed by atoms with Crippen molar-refractivity contribution in [2.75, 3.05) is 0 Å². The van der Waals surface area contributed by atoms with Gasteiger partial charge < -0.3 is 17.7 Å². The third-order valence-electron chi connectivity index (χ3n) is 25.7. The Labute approximate surface area is 760 Å². The Morgan fingerprint density at radius 1 is 0.157 bits per heavy atom. The molecule has 4 nitrogen and oxygen atoms in total. The number of benzene rings is 16. The molecule has 0 aliphatic heterocycles. The van der Waals surface area contributed by atoms with E-state index in [1.165, 1.54) is 89.0 Å².